The standard InChI is InChI=1S/C31H31N3O4/c35-19-29(36)28-13-12-25(14-32-28)34-18-27-26(31(34)37)6-3-7-30(27)38-20-22-10-8-21(9-11-22)15-33-16-23-4-1-2-5-24(23)17-33/h1-11,19,25,28,32H,12-18,20H2. The SMILES string of the molecule is O=CC(=O)C1CCC(N2Cc3c(OCc4ccc(CN5Cc6ccccc6C5)cc4)cccc3C2=O)CN1. The third kappa shape index (κ3) is 4.87. The molecule has 1 N–H and O–H groups in total. The van der Waals surface area contributed by atoms with Gasteiger partial charge in [0.05, 0.1) is 12.6 Å². The van der Waals surface area contributed by atoms with Gasteiger partial charge in [0, 0.05) is 43.3 Å². The van der Waals surface area contributed by atoms with Crippen LogP contribution in [0.5, 0.6) is 5.75 Å². The van der Waals surface area contributed by atoms with Crippen LogP contribution in [-0.4, -0.2) is 46.4 Å². The van der Waals surface area contributed by atoms with E-state index in [1.54, 1.807) is 0 Å². The highest BCUT2D eigenvalue weighted by Crippen LogP contribution is 2.34. The normalized spacial score (nSPS) is 20.7. The summed E-state index contributed by atoms with van der Waals surface area (Å²) < 4.78 is 6.21. The van der Waals surface area contributed by atoms with Gasteiger partial charge in [0.1, 0.15) is 12.4 Å². The number of fused-ring (bicyclic) bond motifs is 2. The molecule has 2 unspecified atom stereocenters. The predicted octanol–water partition coefficient (Wildman–Crippen LogP) is 3.63. The van der Waals surface area contributed by atoms with Crippen LogP contribution < -0.4 is 10.1 Å². The Morgan fingerprint density at radius 3 is 2.34 bits per heavy atom. The van der Waals surface area contributed by atoms with E-state index in [1.807, 2.05) is 23.1 Å². The van der Waals surface area contributed by atoms with E-state index in [-0.39, 0.29) is 11.9 Å². The summed E-state index contributed by atoms with van der Waals surface area (Å²) in [6, 6.07) is 22.4. The summed E-state index contributed by atoms with van der Waals surface area (Å²) in [7, 11) is 0. The van der Waals surface area contributed by atoms with Gasteiger partial charge in [-0.2, -0.15) is 0 Å². The lowest BCUT2D eigenvalue weighted by atomic mass is 9.97. The number of amides is 1. The van der Waals surface area contributed by atoms with Gasteiger partial charge in [0.25, 0.3) is 5.91 Å². The first kappa shape index (κ1) is 24.5. The molecule has 3 aromatic rings. The molecule has 1 fully saturated rings. The van der Waals surface area contributed by atoms with E-state index in [1.165, 1.54) is 16.7 Å². The second-order valence-electron chi connectivity index (χ2n) is 10.4. The lowest BCUT2D eigenvalue weighted by Crippen LogP contribution is -2.52. The summed E-state index contributed by atoms with van der Waals surface area (Å²) in [6.45, 7) is 4.31. The number of carbonyl (C=O) groups is 3. The fraction of sp³-hybridized carbons (Fsp3) is 0.323. The number of benzene rings is 3. The van der Waals surface area contributed by atoms with Crippen molar-refractivity contribution in [2.45, 2.75) is 57.7 Å². The molecular formula is C31H31N3O4. The van der Waals surface area contributed by atoms with Gasteiger partial charge in [0.15, 0.2) is 6.29 Å². The highest BCUT2D eigenvalue weighted by molar-refractivity contribution is 6.27. The Bertz CT molecular complexity index is 1340. The Labute approximate surface area is 222 Å². The molecule has 6 rings (SSSR count). The van der Waals surface area contributed by atoms with Gasteiger partial charge in [0.2, 0.25) is 5.78 Å². The van der Waals surface area contributed by atoms with Crippen LogP contribution >= 0.6 is 0 Å². The van der Waals surface area contributed by atoms with E-state index in [9.17, 15) is 14.4 Å². The van der Waals surface area contributed by atoms with Crippen LogP contribution in [0.3, 0.4) is 0 Å². The fourth-order valence-corrected chi connectivity index (χ4v) is 5.86. The third-order valence-electron chi connectivity index (χ3n) is 7.97. The zero-order valence-electron chi connectivity index (χ0n) is 21.3. The molecule has 0 aliphatic carbocycles. The summed E-state index contributed by atoms with van der Waals surface area (Å²) in [4.78, 5) is 40.0. The Kier molecular flexibility index (Phi) is 6.79. The predicted molar refractivity (Wildman–Crippen MR) is 142 cm³/mol. The summed E-state index contributed by atoms with van der Waals surface area (Å²) in [5, 5.41) is 3.13. The van der Waals surface area contributed by atoms with Crippen LogP contribution in [0.2, 0.25) is 0 Å². The highest BCUT2D eigenvalue weighted by Gasteiger charge is 2.37. The number of nitrogens with zero attached hydrogens (tertiary/aromatic N) is 2. The van der Waals surface area contributed by atoms with Gasteiger partial charge in [-0.05, 0) is 47.2 Å². The van der Waals surface area contributed by atoms with Crippen LogP contribution in [0.15, 0.2) is 66.7 Å². The summed E-state index contributed by atoms with van der Waals surface area (Å²) >= 11 is 0. The number of hydrogen-bond donors (Lipinski definition) is 1. The zero-order chi connectivity index (χ0) is 26.1. The first-order valence-electron chi connectivity index (χ1n) is 13.2. The maximum absolute atomic E-state index is 13.2. The lowest BCUT2D eigenvalue weighted by Gasteiger charge is -2.34. The van der Waals surface area contributed by atoms with Crippen molar-refractivity contribution >= 4 is 18.0 Å². The van der Waals surface area contributed by atoms with Crippen LogP contribution in [-0.2, 0) is 42.4 Å². The number of hydrogen-bond acceptors (Lipinski definition) is 6. The molecule has 38 heavy (non-hydrogen) atoms. The fourth-order valence-electron chi connectivity index (χ4n) is 5.86. The number of piperidine rings is 1. The topological polar surface area (TPSA) is 79.0 Å². The smallest absolute Gasteiger partial charge is 0.254 e. The second kappa shape index (κ2) is 10.5. The molecule has 2 atom stereocenters. The van der Waals surface area contributed by atoms with Crippen molar-refractivity contribution in [3.05, 3.63) is 100 Å². The van der Waals surface area contributed by atoms with E-state index >= 15 is 0 Å². The van der Waals surface area contributed by atoms with Gasteiger partial charge in [-0.25, -0.2) is 0 Å². The molecule has 0 bridgehead atoms. The minimum absolute atomic E-state index is 0.00849. The third-order valence-corrected chi connectivity index (χ3v) is 7.97. The van der Waals surface area contributed by atoms with Gasteiger partial charge < -0.3 is 15.0 Å². The van der Waals surface area contributed by atoms with Crippen LogP contribution in [0, 0.1) is 0 Å². The quantitative estimate of drug-likeness (QED) is 0.369. The van der Waals surface area contributed by atoms with Gasteiger partial charge >= 0.3 is 0 Å². The number of aldehydes is 1. The highest BCUT2D eigenvalue weighted by atomic mass is 16.5. The Balaban J connectivity index is 1.05. The molecule has 0 radical (unpaired) electrons. The van der Waals surface area contributed by atoms with Gasteiger partial charge in [-0.3, -0.25) is 19.3 Å². The molecule has 194 valence electrons. The summed E-state index contributed by atoms with van der Waals surface area (Å²) in [5.41, 5.74) is 6.79. The maximum Gasteiger partial charge on any atom is 0.254 e. The monoisotopic (exact) mass is 509 g/mol. The van der Waals surface area contributed by atoms with Gasteiger partial charge in [-0.15, -0.1) is 0 Å². The molecule has 0 saturated carbocycles. The summed E-state index contributed by atoms with van der Waals surface area (Å²) in [5.74, 6) is 0.297. The van der Waals surface area contributed by atoms with E-state index < -0.39 is 11.8 Å². The molecule has 7 heteroatoms. The van der Waals surface area contributed by atoms with Crippen molar-refractivity contribution in [3.63, 3.8) is 0 Å². The minimum atomic E-state index is -0.444. The van der Waals surface area contributed by atoms with Crippen molar-refractivity contribution in [2.75, 3.05) is 6.54 Å². The molecule has 1 amide bonds. The van der Waals surface area contributed by atoms with Crippen LogP contribution in [0.25, 0.3) is 0 Å². The van der Waals surface area contributed by atoms with Gasteiger partial charge in [-0.1, -0.05) is 54.6 Å². The second-order valence-corrected chi connectivity index (χ2v) is 10.4. The number of ether oxygens (including phenoxy) is 1. The van der Waals surface area contributed by atoms with Crippen molar-refractivity contribution in [3.8, 4) is 5.75 Å². The molecular weight excluding hydrogens is 478 g/mol. The van der Waals surface area contributed by atoms with Crippen molar-refractivity contribution in [2.24, 2.45) is 0 Å². The average Bonchev–Trinajstić information content (AvgIpc) is 3.53. The largest absolute Gasteiger partial charge is 0.489 e. The number of nitrogens with one attached hydrogen (secondary N) is 1. The number of rotatable bonds is 8. The van der Waals surface area contributed by atoms with E-state index in [4.69, 9.17) is 4.74 Å². The molecule has 1 saturated heterocycles. The Morgan fingerprint density at radius 1 is 0.921 bits per heavy atom. The molecule has 0 spiro atoms. The minimum Gasteiger partial charge on any atom is -0.489 e. The Hall–Kier alpha value is -3.81. The lowest BCUT2D eigenvalue weighted by molar-refractivity contribution is -0.131. The molecule has 7 nitrogen and oxygen atoms in total. The van der Waals surface area contributed by atoms with Crippen LogP contribution in [0.4, 0.5) is 0 Å². The molecule has 3 aliphatic rings. The van der Waals surface area contributed by atoms with Crippen LogP contribution in [0.1, 0.15) is 51.0 Å². The van der Waals surface area contributed by atoms with E-state index in [0.717, 1.165) is 36.5 Å². The maximum atomic E-state index is 13.2. The van der Waals surface area contributed by atoms with E-state index in [2.05, 4.69) is 58.7 Å². The summed E-state index contributed by atoms with van der Waals surface area (Å²) in [6.07, 6.45) is 1.61. The molecule has 3 aliphatic heterocycles. The first-order chi connectivity index (χ1) is 18.6. The first-order valence-corrected chi connectivity index (χ1v) is 13.2. The van der Waals surface area contributed by atoms with Crippen molar-refractivity contribution < 1.29 is 19.1 Å². The molecule has 0 aromatic heterocycles. The average molecular weight is 510 g/mol. The Morgan fingerprint density at radius 2 is 1.66 bits per heavy atom. The number of ketones is 1. The number of Topliss-reactive ketones (excluding diaryl/α,β-unsaturated/α-hetero) is 1. The molecule has 3 aromatic carbocycles. The number of carbonyl (C=O) groups excluding carboxylic acids is 3. The van der Waals surface area contributed by atoms with Crippen molar-refractivity contribution in [1.29, 1.82) is 0 Å². The molecule has 3 heterocycles. The van der Waals surface area contributed by atoms with Crippen molar-refractivity contribution in [1.82, 2.24) is 15.1 Å². The van der Waals surface area contributed by atoms with E-state index in [0.29, 0.717) is 44.4 Å². The zero-order valence-corrected chi connectivity index (χ0v) is 21.3.